The van der Waals surface area contributed by atoms with Crippen LogP contribution in [0.4, 0.5) is 0 Å². The molecule has 44 valence electrons. The predicted molar refractivity (Wildman–Crippen MR) is 34.0 cm³/mol. The fourth-order valence-corrected chi connectivity index (χ4v) is 0.923. The maximum Gasteiger partial charge on any atom is 0.0655 e. The van der Waals surface area contributed by atoms with Gasteiger partial charge >= 0.3 is 0 Å². The van der Waals surface area contributed by atoms with E-state index in [0.717, 1.165) is 0 Å². The Morgan fingerprint density at radius 2 is 2.38 bits per heavy atom. The summed E-state index contributed by atoms with van der Waals surface area (Å²) in [5.74, 6) is 0.579. The zero-order chi connectivity index (χ0) is 5.98. The third-order valence-corrected chi connectivity index (χ3v) is 1.91. The Hall–Kier alpha value is -0.440. The summed E-state index contributed by atoms with van der Waals surface area (Å²) in [4.78, 5) is 1.25. The molecule has 0 saturated heterocycles. The largest absolute Gasteiger partial charge is 0.146 e. The van der Waals surface area contributed by atoms with Crippen molar-refractivity contribution in [1.82, 2.24) is 9.59 Å². The number of aromatic nitrogens is 2. The first-order chi connectivity index (χ1) is 3.80. The van der Waals surface area contributed by atoms with Crippen LogP contribution in [-0.4, -0.2) is 9.59 Å². The van der Waals surface area contributed by atoms with Crippen LogP contribution in [0.25, 0.3) is 0 Å². The van der Waals surface area contributed by atoms with Gasteiger partial charge in [0.05, 0.1) is 6.20 Å². The van der Waals surface area contributed by atoms with Gasteiger partial charge in [-0.2, -0.15) is 0 Å². The molecule has 1 heterocycles. The van der Waals surface area contributed by atoms with Crippen molar-refractivity contribution >= 4 is 11.5 Å². The van der Waals surface area contributed by atoms with Crippen LogP contribution in [0.15, 0.2) is 6.20 Å². The van der Waals surface area contributed by atoms with E-state index in [1.807, 2.05) is 6.20 Å². The number of hydrogen-bond donors (Lipinski definition) is 0. The molecule has 0 aliphatic carbocycles. The first-order valence-corrected chi connectivity index (χ1v) is 3.35. The topological polar surface area (TPSA) is 25.8 Å². The molecule has 0 N–H and O–H groups in total. The molecule has 0 aliphatic rings. The first kappa shape index (κ1) is 5.69. The number of hydrogen-bond acceptors (Lipinski definition) is 3. The van der Waals surface area contributed by atoms with Crippen LogP contribution in [0.1, 0.15) is 24.6 Å². The van der Waals surface area contributed by atoms with Crippen molar-refractivity contribution in [3.8, 4) is 0 Å². The lowest BCUT2D eigenvalue weighted by Gasteiger charge is -1.92. The molecule has 0 aromatic carbocycles. The van der Waals surface area contributed by atoms with Gasteiger partial charge in [0, 0.05) is 4.88 Å². The lowest BCUT2D eigenvalue weighted by atomic mass is 10.2. The summed E-state index contributed by atoms with van der Waals surface area (Å²) >= 11 is 1.47. The fraction of sp³-hybridized carbons (Fsp3) is 0.600. The van der Waals surface area contributed by atoms with Crippen LogP contribution in [0.5, 0.6) is 0 Å². The second-order valence-corrected chi connectivity index (χ2v) is 2.79. The summed E-state index contributed by atoms with van der Waals surface area (Å²) in [5, 5.41) is 3.71. The Labute approximate surface area is 52.7 Å². The van der Waals surface area contributed by atoms with Crippen LogP contribution in [0.3, 0.4) is 0 Å². The third kappa shape index (κ3) is 1.04. The normalized spacial score (nSPS) is 10.4. The molecular formula is C5H8N2S. The lowest BCUT2D eigenvalue weighted by molar-refractivity contribution is 0.884. The highest BCUT2D eigenvalue weighted by Gasteiger charge is 1.98. The fourth-order valence-electron chi connectivity index (χ4n) is 0.429. The molecule has 0 atom stereocenters. The van der Waals surface area contributed by atoms with Crippen molar-refractivity contribution in [1.29, 1.82) is 0 Å². The average molecular weight is 128 g/mol. The smallest absolute Gasteiger partial charge is 0.0655 e. The molecule has 0 radical (unpaired) electrons. The highest BCUT2D eigenvalue weighted by molar-refractivity contribution is 7.05. The van der Waals surface area contributed by atoms with Crippen LogP contribution >= 0.6 is 11.5 Å². The van der Waals surface area contributed by atoms with Crippen LogP contribution < -0.4 is 0 Å². The zero-order valence-corrected chi connectivity index (χ0v) is 5.77. The Kier molecular flexibility index (Phi) is 1.58. The SMILES string of the molecule is CC(C)c1cnns1. The van der Waals surface area contributed by atoms with Gasteiger partial charge in [-0.3, -0.25) is 0 Å². The molecule has 0 unspecified atom stereocenters. The lowest BCUT2D eigenvalue weighted by Crippen LogP contribution is -1.77. The van der Waals surface area contributed by atoms with E-state index in [4.69, 9.17) is 0 Å². The molecular weight excluding hydrogens is 120 g/mol. The quantitative estimate of drug-likeness (QED) is 0.575. The molecule has 1 aromatic rings. The Morgan fingerprint density at radius 1 is 1.62 bits per heavy atom. The van der Waals surface area contributed by atoms with E-state index < -0.39 is 0 Å². The maximum absolute atomic E-state index is 3.74. The van der Waals surface area contributed by atoms with Crippen molar-refractivity contribution in [2.24, 2.45) is 0 Å². The molecule has 0 amide bonds. The van der Waals surface area contributed by atoms with Crippen molar-refractivity contribution in [3.05, 3.63) is 11.1 Å². The van der Waals surface area contributed by atoms with Gasteiger partial charge in [-0.25, -0.2) is 0 Å². The molecule has 0 bridgehead atoms. The first-order valence-electron chi connectivity index (χ1n) is 2.58. The van der Waals surface area contributed by atoms with Gasteiger partial charge in [-0.1, -0.05) is 18.3 Å². The summed E-state index contributed by atoms with van der Waals surface area (Å²) in [7, 11) is 0. The van der Waals surface area contributed by atoms with E-state index in [1.165, 1.54) is 16.4 Å². The van der Waals surface area contributed by atoms with Gasteiger partial charge in [0.15, 0.2) is 0 Å². The monoisotopic (exact) mass is 128 g/mol. The summed E-state index contributed by atoms with van der Waals surface area (Å²) in [6.45, 7) is 4.27. The van der Waals surface area contributed by atoms with E-state index in [2.05, 4.69) is 23.4 Å². The molecule has 2 nitrogen and oxygen atoms in total. The molecule has 0 spiro atoms. The maximum atomic E-state index is 3.74. The van der Waals surface area contributed by atoms with E-state index in [0.29, 0.717) is 5.92 Å². The van der Waals surface area contributed by atoms with Gasteiger partial charge in [-0.15, -0.1) is 5.10 Å². The third-order valence-electron chi connectivity index (χ3n) is 0.947. The minimum Gasteiger partial charge on any atom is -0.146 e. The van der Waals surface area contributed by atoms with Crippen molar-refractivity contribution in [2.45, 2.75) is 19.8 Å². The van der Waals surface area contributed by atoms with Crippen LogP contribution in [0, 0.1) is 0 Å². The van der Waals surface area contributed by atoms with Crippen molar-refractivity contribution in [2.75, 3.05) is 0 Å². The van der Waals surface area contributed by atoms with Gasteiger partial charge in [0.25, 0.3) is 0 Å². The second-order valence-electron chi connectivity index (χ2n) is 1.97. The Balaban J connectivity index is 2.77. The van der Waals surface area contributed by atoms with E-state index in [9.17, 15) is 0 Å². The van der Waals surface area contributed by atoms with Gasteiger partial charge in [0.1, 0.15) is 0 Å². The van der Waals surface area contributed by atoms with Gasteiger partial charge in [0.2, 0.25) is 0 Å². The van der Waals surface area contributed by atoms with Crippen molar-refractivity contribution < 1.29 is 0 Å². The van der Waals surface area contributed by atoms with Crippen molar-refractivity contribution in [3.63, 3.8) is 0 Å². The van der Waals surface area contributed by atoms with Crippen LogP contribution in [-0.2, 0) is 0 Å². The van der Waals surface area contributed by atoms with E-state index in [1.54, 1.807) is 0 Å². The van der Waals surface area contributed by atoms with E-state index >= 15 is 0 Å². The Morgan fingerprint density at radius 3 is 2.62 bits per heavy atom. The zero-order valence-electron chi connectivity index (χ0n) is 4.96. The van der Waals surface area contributed by atoms with Gasteiger partial charge < -0.3 is 0 Å². The highest BCUT2D eigenvalue weighted by Crippen LogP contribution is 2.14. The summed E-state index contributed by atoms with van der Waals surface area (Å²) in [6.07, 6.45) is 1.81. The minimum atomic E-state index is 0.579. The number of nitrogens with zero attached hydrogens (tertiary/aromatic N) is 2. The molecule has 0 aliphatic heterocycles. The molecule has 1 aromatic heterocycles. The second kappa shape index (κ2) is 2.22. The molecule has 0 saturated carbocycles. The van der Waals surface area contributed by atoms with Crippen LogP contribution in [0.2, 0.25) is 0 Å². The standard InChI is InChI=1S/C5H8N2S/c1-4(2)5-3-6-7-8-5/h3-4H,1-2H3. The molecule has 0 fully saturated rings. The van der Waals surface area contributed by atoms with E-state index in [-0.39, 0.29) is 0 Å². The summed E-state index contributed by atoms with van der Waals surface area (Å²) in [6, 6.07) is 0. The summed E-state index contributed by atoms with van der Waals surface area (Å²) < 4.78 is 3.74. The molecule has 3 heteroatoms. The predicted octanol–water partition coefficient (Wildman–Crippen LogP) is 1.66. The minimum absolute atomic E-state index is 0.579. The highest BCUT2D eigenvalue weighted by atomic mass is 32.1. The Bertz CT molecular complexity index is 145. The van der Waals surface area contributed by atoms with Gasteiger partial charge in [-0.05, 0) is 17.5 Å². The average Bonchev–Trinajstić information content (AvgIpc) is 2.12. The summed E-state index contributed by atoms with van der Waals surface area (Å²) in [5.41, 5.74) is 0. The molecule has 8 heavy (non-hydrogen) atoms. The molecule has 1 rings (SSSR count). The number of rotatable bonds is 1.